The Labute approximate surface area is 137 Å². The van der Waals surface area contributed by atoms with Crippen LogP contribution < -0.4 is 0 Å². The average molecular weight is 326 g/mol. The lowest BCUT2D eigenvalue weighted by molar-refractivity contribution is -0.133. The molecule has 0 radical (unpaired) electrons. The molecule has 0 fully saturated rings. The zero-order chi connectivity index (χ0) is 16.1. The molecular formula is C17H14N2O3S. The molecule has 0 bridgehead atoms. The first-order valence-corrected chi connectivity index (χ1v) is 8.00. The quantitative estimate of drug-likeness (QED) is 0.699. The second kappa shape index (κ2) is 7.11. The van der Waals surface area contributed by atoms with Crippen LogP contribution in [0, 0.1) is 0 Å². The normalized spacial score (nSPS) is 10.8. The van der Waals surface area contributed by atoms with E-state index < -0.39 is 5.97 Å². The fourth-order valence-electron chi connectivity index (χ4n) is 2.29. The van der Waals surface area contributed by atoms with E-state index in [1.54, 1.807) is 0 Å². The number of hydrogen-bond donors (Lipinski definition) is 1. The highest BCUT2D eigenvalue weighted by atomic mass is 32.2. The maximum absolute atomic E-state index is 10.6. The Morgan fingerprint density at radius 3 is 2.09 bits per heavy atom. The van der Waals surface area contributed by atoms with Crippen LogP contribution in [0.25, 0.3) is 0 Å². The summed E-state index contributed by atoms with van der Waals surface area (Å²) in [4.78, 5) is 10.6. The zero-order valence-electron chi connectivity index (χ0n) is 12.1. The predicted octanol–water partition coefficient (Wildman–Crippen LogP) is 3.43. The van der Waals surface area contributed by atoms with Crippen molar-refractivity contribution < 1.29 is 14.3 Å². The van der Waals surface area contributed by atoms with Gasteiger partial charge in [0.1, 0.15) is 5.75 Å². The maximum Gasteiger partial charge on any atom is 0.314 e. The van der Waals surface area contributed by atoms with Crippen molar-refractivity contribution in [2.75, 3.05) is 5.75 Å². The van der Waals surface area contributed by atoms with Crippen LogP contribution >= 0.6 is 11.8 Å². The average Bonchev–Trinajstić information content (AvgIpc) is 3.04. The third kappa shape index (κ3) is 3.78. The highest BCUT2D eigenvalue weighted by molar-refractivity contribution is 7.99. The summed E-state index contributed by atoms with van der Waals surface area (Å²) in [5, 5.41) is 17.1. The Morgan fingerprint density at radius 2 is 1.57 bits per heavy atom. The summed E-state index contributed by atoms with van der Waals surface area (Å²) in [6.45, 7) is 0. The van der Waals surface area contributed by atoms with Crippen molar-refractivity contribution in [1.82, 2.24) is 10.2 Å². The minimum Gasteiger partial charge on any atom is -0.481 e. The zero-order valence-corrected chi connectivity index (χ0v) is 12.9. The largest absolute Gasteiger partial charge is 0.481 e. The van der Waals surface area contributed by atoms with Gasteiger partial charge in [-0.15, -0.1) is 10.2 Å². The molecule has 2 aromatic carbocycles. The molecule has 0 saturated heterocycles. The van der Waals surface area contributed by atoms with E-state index in [0.29, 0.717) is 5.89 Å². The van der Waals surface area contributed by atoms with Gasteiger partial charge in [-0.3, -0.25) is 4.79 Å². The lowest BCUT2D eigenvalue weighted by Crippen LogP contribution is -2.03. The molecule has 116 valence electrons. The fourth-order valence-corrected chi connectivity index (χ4v) is 2.78. The monoisotopic (exact) mass is 326 g/mol. The minimum atomic E-state index is -0.919. The number of carbonyl (C=O) groups is 1. The molecule has 0 amide bonds. The van der Waals surface area contributed by atoms with Crippen LogP contribution in [-0.2, 0) is 4.79 Å². The first kappa shape index (κ1) is 15.3. The number of hydrogen-bond acceptors (Lipinski definition) is 5. The predicted molar refractivity (Wildman–Crippen MR) is 86.5 cm³/mol. The minimum absolute atomic E-state index is 0.108. The van der Waals surface area contributed by atoms with Crippen LogP contribution in [-0.4, -0.2) is 27.0 Å². The summed E-state index contributed by atoms with van der Waals surface area (Å²) in [7, 11) is 0. The molecule has 1 heterocycles. The van der Waals surface area contributed by atoms with Crippen molar-refractivity contribution in [2.45, 2.75) is 11.1 Å². The number of thioether (sulfide) groups is 1. The van der Waals surface area contributed by atoms with Gasteiger partial charge in [-0.25, -0.2) is 0 Å². The number of rotatable bonds is 6. The standard InChI is InChI=1S/C17H14N2O3S/c20-14(21)11-23-17-19-18-16(22-17)15(12-7-3-1-4-8-12)13-9-5-2-6-10-13/h1-10,15H,11H2,(H,20,21). The van der Waals surface area contributed by atoms with Gasteiger partial charge in [0.2, 0.25) is 5.89 Å². The van der Waals surface area contributed by atoms with E-state index in [4.69, 9.17) is 9.52 Å². The second-order valence-corrected chi connectivity index (χ2v) is 5.77. The number of carboxylic acids is 1. The highest BCUT2D eigenvalue weighted by Crippen LogP contribution is 2.32. The molecule has 0 saturated carbocycles. The summed E-state index contributed by atoms with van der Waals surface area (Å²) in [5.74, 6) is -0.750. The molecule has 5 nitrogen and oxygen atoms in total. The van der Waals surface area contributed by atoms with Gasteiger partial charge in [0.05, 0.1) is 5.92 Å². The molecule has 0 unspecified atom stereocenters. The van der Waals surface area contributed by atoms with Crippen LogP contribution in [0.2, 0.25) is 0 Å². The summed E-state index contributed by atoms with van der Waals surface area (Å²) in [5.41, 5.74) is 2.08. The smallest absolute Gasteiger partial charge is 0.314 e. The Hall–Kier alpha value is -2.60. The van der Waals surface area contributed by atoms with Gasteiger partial charge in [0.25, 0.3) is 5.22 Å². The van der Waals surface area contributed by atoms with E-state index in [2.05, 4.69) is 10.2 Å². The molecule has 6 heteroatoms. The molecule has 0 aliphatic heterocycles. The van der Waals surface area contributed by atoms with E-state index in [1.165, 1.54) is 0 Å². The Balaban J connectivity index is 1.95. The summed E-state index contributed by atoms with van der Waals surface area (Å²) in [6.07, 6.45) is 0. The molecule has 0 atom stereocenters. The van der Waals surface area contributed by atoms with Gasteiger partial charge < -0.3 is 9.52 Å². The van der Waals surface area contributed by atoms with Crippen LogP contribution in [0.4, 0.5) is 0 Å². The van der Waals surface area contributed by atoms with E-state index in [0.717, 1.165) is 22.9 Å². The van der Waals surface area contributed by atoms with Crippen molar-refractivity contribution in [3.05, 3.63) is 77.7 Å². The Morgan fingerprint density at radius 1 is 1.00 bits per heavy atom. The fraction of sp³-hybridized carbons (Fsp3) is 0.118. The van der Waals surface area contributed by atoms with Crippen LogP contribution in [0.3, 0.4) is 0 Å². The van der Waals surface area contributed by atoms with E-state index >= 15 is 0 Å². The summed E-state index contributed by atoms with van der Waals surface area (Å²) in [6, 6.07) is 19.8. The molecule has 0 aliphatic carbocycles. The van der Waals surface area contributed by atoms with Crippen LogP contribution in [0.15, 0.2) is 70.3 Å². The third-order valence-electron chi connectivity index (χ3n) is 3.25. The van der Waals surface area contributed by atoms with Crippen molar-refractivity contribution in [2.24, 2.45) is 0 Å². The topological polar surface area (TPSA) is 76.2 Å². The number of benzene rings is 2. The summed E-state index contributed by atoms with van der Waals surface area (Å²) >= 11 is 1.02. The van der Waals surface area contributed by atoms with Crippen LogP contribution in [0.1, 0.15) is 22.9 Å². The van der Waals surface area contributed by atoms with E-state index in [-0.39, 0.29) is 16.9 Å². The lowest BCUT2D eigenvalue weighted by Gasteiger charge is -2.13. The Kier molecular flexibility index (Phi) is 4.73. The lowest BCUT2D eigenvalue weighted by atomic mass is 9.91. The highest BCUT2D eigenvalue weighted by Gasteiger charge is 2.23. The maximum atomic E-state index is 10.6. The first-order valence-electron chi connectivity index (χ1n) is 7.02. The first-order chi connectivity index (χ1) is 11.2. The molecule has 0 aliphatic rings. The molecule has 1 aromatic heterocycles. The van der Waals surface area contributed by atoms with Crippen molar-refractivity contribution >= 4 is 17.7 Å². The van der Waals surface area contributed by atoms with Gasteiger partial charge in [-0.05, 0) is 11.1 Å². The second-order valence-electron chi connectivity index (χ2n) is 4.84. The molecule has 3 aromatic rings. The van der Waals surface area contributed by atoms with Crippen LogP contribution in [0.5, 0.6) is 0 Å². The molecule has 3 rings (SSSR count). The Bertz CT molecular complexity index is 735. The number of carboxylic acid groups (broad SMARTS) is 1. The summed E-state index contributed by atoms with van der Waals surface area (Å²) < 4.78 is 5.68. The molecule has 0 spiro atoms. The third-order valence-corrected chi connectivity index (χ3v) is 4.06. The molecular weight excluding hydrogens is 312 g/mol. The van der Waals surface area contributed by atoms with Crippen molar-refractivity contribution in [3.8, 4) is 0 Å². The van der Waals surface area contributed by atoms with Crippen molar-refractivity contribution in [3.63, 3.8) is 0 Å². The molecule has 1 N–H and O–H groups in total. The van der Waals surface area contributed by atoms with E-state index in [9.17, 15) is 4.79 Å². The van der Waals surface area contributed by atoms with Gasteiger partial charge in [0.15, 0.2) is 0 Å². The van der Waals surface area contributed by atoms with Crippen molar-refractivity contribution in [1.29, 1.82) is 0 Å². The number of aliphatic carboxylic acids is 1. The molecule has 23 heavy (non-hydrogen) atoms. The van der Waals surface area contributed by atoms with E-state index in [1.807, 2.05) is 60.7 Å². The SMILES string of the molecule is O=C(O)CSc1nnc(C(c2ccccc2)c2ccccc2)o1. The van der Waals surface area contributed by atoms with Gasteiger partial charge in [-0.1, -0.05) is 72.4 Å². The number of nitrogens with zero attached hydrogens (tertiary/aromatic N) is 2. The van der Waals surface area contributed by atoms with Gasteiger partial charge >= 0.3 is 5.97 Å². The number of aromatic nitrogens is 2. The van der Waals surface area contributed by atoms with Gasteiger partial charge in [-0.2, -0.15) is 0 Å². The van der Waals surface area contributed by atoms with Gasteiger partial charge in [0, 0.05) is 0 Å².